The second-order valence-electron chi connectivity index (χ2n) is 6.55. The Bertz CT molecular complexity index is 1110. The Morgan fingerprint density at radius 2 is 1.97 bits per heavy atom. The second-order valence-corrected chi connectivity index (χ2v) is 6.55. The highest BCUT2D eigenvalue weighted by Crippen LogP contribution is 2.32. The molecule has 0 atom stereocenters. The maximum atomic E-state index is 12.9. The third-order valence-electron chi connectivity index (χ3n) is 4.57. The number of rotatable bonds is 4. The number of amides is 1. The molecule has 1 aromatic carbocycles. The molecule has 152 valence electrons. The predicted molar refractivity (Wildman–Crippen MR) is 93.4 cm³/mol. The smallest absolute Gasteiger partial charge is 0.453 e. The van der Waals surface area contributed by atoms with Gasteiger partial charge in [-0.1, -0.05) is 6.07 Å². The molecule has 3 heterocycles. The number of nitrogens with one attached hydrogen (secondary N) is 1. The van der Waals surface area contributed by atoms with Crippen LogP contribution in [0.4, 0.5) is 13.2 Å². The van der Waals surface area contributed by atoms with Gasteiger partial charge in [0.05, 0.1) is 6.42 Å². The predicted octanol–water partition coefficient (Wildman–Crippen LogP) is 2.35. The first-order valence-corrected chi connectivity index (χ1v) is 8.67. The zero-order chi connectivity index (χ0) is 20.8. The van der Waals surface area contributed by atoms with Crippen LogP contribution < -0.4 is 14.8 Å². The molecule has 0 saturated heterocycles. The van der Waals surface area contributed by atoms with Crippen LogP contribution in [0.3, 0.4) is 0 Å². The van der Waals surface area contributed by atoms with Crippen LogP contribution in [0, 0.1) is 13.8 Å². The van der Waals surface area contributed by atoms with E-state index in [9.17, 15) is 18.0 Å². The number of hydrogen-bond acceptors (Lipinski definition) is 6. The minimum atomic E-state index is -4.67. The zero-order valence-electron chi connectivity index (χ0n) is 15.5. The molecular formula is C18H16F3N5O3. The highest BCUT2D eigenvalue weighted by molar-refractivity contribution is 5.79. The summed E-state index contributed by atoms with van der Waals surface area (Å²) in [6.07, 6.45) is -4.72. The number of benzene rings is 1. The number of carbonyl (C=O) groups is 1. The summed E-state index contributed by atoms with van der Waals surface area (Å²) in [5.41, 5.74) is 2.14. The summed E-state index contributed by atoms with van der Waals surface area (Å²) in [7, 11) is 0. The van der Waals surface area contributed by atoms with Crippen LogP contribution in [0.25, 0.3) is 5.78 Å². The van der Waals surface area contributed by atoms with Crippen molar-refractivity contribution < 1.29 is 27.4 Å². The van der Waals surface area contributed by atoms with Gasteiger partial charge in [0.15, 0.2) is 11.5 Å². The monoisotopic (exact) mass is 407 g/mol. The third kappa shape index (κ3) is 3.67. The minimum absolute atomic E-state index is 0.0492. The topological polar surface area (TPSA) is 90.6 Å². The molecule has 0 saturated carbocycles. The zero-order valence-corrected chi connectivity index (χ0v) is 15.5. The van der Waals surface area contributed by atoms with Crippen LogP contribution in [-0.2, 0) is 23.9 Å². The van der Waals surface area contributed by atoms with E-state index >= 15 is 0 Å². The SMILES string of the molecule is Cc1nc2nc(C(F)(F)F)nn2c(C)c1CC(=O)NCc1ccc2c(c1)OCO2. The molecule has 11 heteroatoms. The molecule has 4 rings (SSSR count). The molecule has 8 nitrogen and oxygen atoms in total. The van der Waals surface area contributed by atoms with Crippen LogP contribution in [0.15, 0.2) is 18.2 Å². The summed E-state index contributed by atoms with van der Waals surface area (Å²) in [6.45, 7) is 3.63. The summed E-state index contributed by atoms with van der Waals surface area (Å²) >= 11 is 0. The number of alkyl halides is 3. The first-order chi connectivity index (χ1) is 13.7. The van der Waals surface area contributed by atoms with Gasteiger partial charge in [-0.2, -0.15) is 18.2 Å². The van der Waals surface area contributed by atoms with Gasteiger partial charge in [0.1, 0.15) is 0 Å². The molecule has 29 heavy (non-hydrogen) atoms. The van der Waals surface area contributed by atoms with Gasteiger partial charge < -0.3 is 14.8 Å². The number of fused-ring (bicyclic) bond motifs is 2. The molecule has 0 fully saturated rings. The van der Waals surface area contributed by atoms with E-state index in [-0.39, 0.29) is 31.4 Å². The van der Waals surface area contributed by atoms with Crippen molar-refractivity contribution in [2.75, 3.05) is 6.79 Å². The van der Waals surface area contributed by atoms with Gasteiger partial charge >= 0.3 is 6.18 Å². The highest BCUT2D eigenvalue weighted by Gasteiger charge is 2.37. The molecule has 3 aromatic rings. The quantitative estimate of drug-likeness (QED) is 0.714. The number of nitrogens with zero attached hydrogens (tertiary/aromatic N) is 4. The standard InChI is InChI=1S/C18H16F3N5O3/c1-9-12(10(2)26-17(23-9)24-16(25-26)18(19,20)21)6-15(27)22-7-11-3-4-13-14(5-11)29-8-28-13/h3-5H,6-8H2,1-2H3,(H,22,27). The maximum absolute atomic E-state index is 12.9. The van der Waals surface area contributed by atoms with Crippen LogP contribution >= 0.6 is 0 Å². The van der Waals surface area contributed by atoms with Gasteiger partial charge in [0.2, 0.25) is 12.7 Å². The van der Waals surface area contributed by atoms with E-state index < -0.39 is 12.0 Å². The first-order valence-electron chi connectivity index (χ1n) is 8.67. The van der Waals surface area contributed by atoms with Crippen molar-refractivity contribution in [3.63, 3.8) is 0 Å². The Morgan fingerprint density at radius 1 is 1.21 bits per heavy atom. The summed E-state index contributed by atoms with van der Waals surface area (Å²) < 4.78 is 50.2. The normalized spacial score (nSPS) is 13.1. The Morgan fingerprint density at radius 3 is 2.72 bits per heavy atom. The molecular weight excluding hydrogens is 391 g/mol. The maximum Gasteiger partial charge on any atom is 0.453 e. The molecule has 0 aliphatic carbocycles. The van der Waals surface area contributed by atoms with E-state index in [2.05, 4.69) is 20.4 Å². The van der Waals surface area contributed by atoms with Crippen LogP contribution in [0.2, 0.25) is 0 Å². The number of halogens is 3. The van der Waals surface area contributed by atoms with Crippen molar-refractivity contribution in [3.8, 4) is 11.5 Å². The number of aryl methyl sites for hydroxylation is 2. The van der Waals surface area contributed by atoms with Gasteiger partial charge in [0.25, 0.3) is 11.6 Å². The largest absolute Gasteiger partial charge is 0.454 e. The second kappa shape index (κ2) is 6.90. The summed E-state index contributed by atoms with van der Waals surface area (Å²) in [5.74, 6) is -0.457. The molecule has 0 radical (unpaired) electrons. The molecule has 1 aliphatic rings. The van der Waals surface area contributed by atoms with Crippen LogP contribution in [-0.4, -0.2) is 32.3 Å². The van der Waals surface area contributed by atoms with Crippen molar-refractivity contribution in [1.29, 1.82) is 0 Å². The third-order valence-corrected chi connectivity index (χ3v) is 4.57. The highest BCUT2D eigenvalue weighted by atomic mass is 19.4. The molecule has 1 amide bonds. The molecule has 1 N–H and O–H groups in total. The van der Waals surface area contributed by atoms with E-state index in [0.29, 0.717) is 28.5 Å². The van der Waals surface area contributed by atoms with Gasteiger partial charge in [-0.05, 0) is 31.5 Å². The summed E-state index contributed by atoms with van der Waals surface area (Å²) in [5, 5.41) is 6.26. The van der Waals surface area contributed by atoms with Crippen LogP contribution in [0.5, 0.6) is 11.5 Å². The number of aromatic nitrogens is 4. The fourth-order valence-corrected chi connectivity index (χ4v) is 3.06. The van der Waals surface area contributed by atoms with Crippen molar-refractivity contribution in [1.82, 2.24) is 24.9 Å². The van der Waals surface area contributed by atoms with Crippen molar-refractivity contribution in [2.45, 2.75) is 33.0 Å². The van der Waals surface area contributed by atoms with E-state index in [1.807, 2.05) is 6.07 Å². The Balaban J connectivity index is 1.50. The molecule has 2 aromatic heterocycles. The molecule has 0 unspecified atom stereocenters. The van der Waals surface area contributed by atoms with Gasteiger partial charge in [-0.15, -0.1) is 5.10 Å². The molecule has 1 aliphatic heterocycles. The average Bonchev–Trinajstić information content (AvgIpc) is 3.29. The fraction of sp³-hybridized carbons (Fsp3) is 0.333. The lowest BCUT2D eigenvalue weighted by atomic mass is 10.1. The van der Waals surface area contributed by atoms with Gasteiger partial charge in [-0.3, -0.25) is 4.79 Å². The van der Waals surface area contributed by atoms with E-state index in [1.165, 1.54) is 0 Å². The van der Waals surface area contributed by atoms with E-state index in [1.54, 1.807) is 26.0 Å². The average molecular weight is 407 g/mol. The Kier molecular flexibility index (Phi) is 4.52. The fourth-order valence-electron chi connectivity index (χ4n) is 3.06. The van der Waals surface area contributed by atoms with Crippen molar-refractivity contribution in [3.05, 3.63) is 46.5 Å². The molecule has 0 bridgehead atoms. The minimum Gasteiger partial charge on any atom is -0.454 e. The lowest BCUT2D eigenvalue weighted by Crippen LogP contribution is -2.25. The number of hydrogen-bond donors (Lipinski definition) is 1. The first kappa shape index (κ1) is 19.0. The Hall–Kier alpha value is -3.37. The lowest BCUT2D eigenvalue weighted by molar-refractivity contribution is -0.144. The summed E-state index contributed by atoms with van der Waals surface area (Å²) in [4.78, 5) is 19.9. The van der Waals surface area contributed by atoms with E-state index in [4.69, 9.17) is 9.47 Å². The summed E-state index contributed by atoms with van der Waals surface area (Å²) in [6, 6.07) is 5.35. The van der Waals surface area contributed by atoms with E-state index in [0.717, 1.165) is 10.1 Å². The number of ether oxygens (including phenoxy) is 2. The van der Waals surface area contributed by atoms with Gasteiger partial charge in [-0.25, -0.2) is 9.50 Å². The van der Waals surface area contributed by atoms with Crippen LogP contribution in [0.1, 0.15) is 28.3 Å². The number of carbonyl (C=O) groups excluding carboxylic acids is 1. The lowest BCUT2D eigenvalue weighted by Gasteiger charge is -2.11. The van der Waals surface area contributed by atoms with Crippen molar-refractivity contribution >= 4 is 11.7 Å². The van der Waals surface area contributed by atoms with Gasteiger partial charge in [0, 0.05) is 23.5 Å². The van der Waals surface area contributed by atoms with Crippen molar-refractivity contribution in [2.24, 2.45) is 0 Å². The molecule has 0 spiro atoms. The Labute approximate surface area is 162 Å².